The minimum absolute atomic E-state index is 0.115. The molecular weight excluding hydrogens is 441 g/mol. The van der Waals surface area contributed by atoms with Gasteiger partial charge in [0.1, 0.15) is 18.2 Å². The number of hydrogen-bond donors (Lipinski definition) is 1. The first kappa shape index (κ1) is 25.4. The number of unbranched alkanes of at least 4 members (excludes halogenated alkanes) is 1. The minimum Gasteiger partial charge on any atom is -0.490 e. The van der Waals surface area contributed by atoms with Crippen LogP contribution in [0.15, 0.2) is 67.3 Å². The van der Waals surface area contributed by atoms with Gasteiger partial charge in [-0.25, -0.2) is 8.78 Å². The molecule has 3 aromatic carbocycles. The van der Waals surface area contributed by atoms with Gasteiger partial charge in [0.25, 0.3) is 0 Å². The van der Waals surface area contributed by atoms with Gasteiger partial charge in [0.05, 0.1) is 12.7 Å². The Balaban J connectivity index is 1.63. The summed E-state index contributed by atoms with van der Waals surface area (Å²) in [5.74, 6) is -2.27. The van der Waals surface area contributed by atoms with E-state index in [1.807, 2.05) is 6.92 Å². The standard InChI is InChI=1S/C28H29F3O3/c1-3-5-6-16-33-26-15-14-22(27(30)28(26)31)20-10-8-19(9-11-20)18-34-21-12-13-23(24(29)17-21)25(32)7-4-2/h3,8-15,17,25,32H,1,4-7,16,18H2,2H3. The molecule has 34 heavy (non-hydrogen) atoms. The first-order valence-corrected chi connectivity index (χ1v) is 11.4. The molecule has 0 aromatic heterocycles. The Morgan fingerprint density at radius 3 is 2.41 bits per heavy atom. The summed E-state index contributed by atoms with van der Waals surface area (Å²) in [6.07, 6.45) is 3.55. The second-order valence-electron chi connectivity index (χ2n) is 7.99. The predicted octanol–water partition coefficient (Wildman–Crippen LogP) is 7.53. The van der Waals surface area contributed by atoms with E-state index in [-0.39, 0.29) is 30.1 Å². The fourth-order valence-corrected chi connectivity index (χ4v) is 3.52. The van der Waals surface area contributed by atoms with Crippen LogP contribution >= 0.6 is 0 Å². The summed E-state index contributed by atoms with van der Waals surface area (Å²) in [6.45, 7) is 5.99. The number of ether oxygens (including phenoxy) is 2. The van der Waals surface area contributed by atoms with Crippen molar-refractivity contribution >= 4 is 0 Å². The molecule has 1 unspecified atom stereocenters. The lowest BCUT2D eigenvalue weighted by molar-refractivity contribution is 0.161. The van der Waals surface area contributed by atoms with E-state index in [4.69, 9.17) is 9.47 Å². The monoisotopic (exact) mass is 470 g/mol. The van der Waals surface area contributed by atoms with Gasteiger partial charge < -0.3 is 14.6 Å². The maximum atomic E-state index is 14.6. The first-order chi connectivity index (χ1) is 16.4. The van der Waals surface area contributed by atoms with Crippen molar-refractivity contribution < 1.29 is 27.8 Å². The van der Waals surface area contributed by atoms with Crippen molar-refractivity contribution in [2.24, 2.45) is 0 Å². The van der Waals surface area contributed by atoms with Gasteiger partial charge in [-0.05, 0) is 54.7 Å². The van der Waals surface area contributed by atoms with Crippen molar-refractivity contribution in [1.29, 1.82) is 0 Å². The SMILES string of the molecule is C=CCCCOc1ccc(-c2ccc(COc3ccc(C(O)CCC)c(F)c3)cc2)c(F)c1F. The van der Waals surface area contributed by atoms with E-state index in [0.717, 1.165) is 18.4 Å². The largest absolute Gasteiger partial charge is 0.490 e. The Morgan fingerprint density at radius 1 is 0.971 bits per heavy atom. The second kappa shape index (κ2) is 12.3. The molecule has 0 amide bonds. The van der Waals surface area contributed by atoms with E-state index in [1.54, 1.807) is 36.4 Å². The zero-order valence-corrected chi connectivity index (χ0v) is 19.2. The zero-order valence-electron chi connectivity index (χ0n) is 19.2. The van der Waals surface area contributed by atoms with E-state index < -0.39 is 23.6 Å². The van der Waals surface area contributed by atoms with Gasteiger partial charge >= 0.3 is 0 Å². The molecule has 0 spiro atoms. The molecule has 0 saturated carbocycles. The highest BCUT2D eigenvalue weighted by Gasteiger charge is 2.16. The summed E-state index contributed by atoms with van der Waals surface area (Å²) in [5, 5.41) is 9.99. The number of aliphatic hydroxyl groups excluding tert-OH is 1. The summed E-state index contributed by atoms with van der Waals surface area (Å²) >= 11 is 0. The van der Waals surface area contributed by atoms with Crippen molar-refractivity contribution in [3.63, 3.8) is 0 Å². The van der Waals surface area contributed by atoms with Crippen molar-refractivity contribution in [2.75, 3.05) is 6.61 Å². The van der Waals surface area contributed by atoms with Gasteiger partial charge in [0, 0.05) is 17.2 Å². The molecule has 0 heterocycles. The highest BCUT2D eigenvalue weighted by molar-refractivity contribution is 5.65. The molecule has 1 N–H and O–H groups in total. The van der Waals surface area contributed by atoms with Gasteiger partial charge in [0.2, 0.25) is 5.82 Å². The van der Waals surface area contributed by atoms with Crippen LogP contribution in [0.25, 0.3) is 11.1 Å². The summed E-state index contributed by atoms with van der Waals surface area (Å²) < 4.78 is 54.3. The topological polar surface area (TPSA) is 38.7 Å². The fraction of sp³-hybridized carbons (Fsp3) is 0.286. The van der Waals surface area contributed by atoms with Gasteiger partial charge in [-0.3, -0.25) is 0 Å². The molecule has 0 aliphatic rings. The van der Waals surface area contributed by atoms with Crippen molar-refractivity contribution in [3.8, 4) is 22.6 Å². The molecule has 0 aliphatic heterocycles. The van der Waals surface area contributed by atoms with Crippen LogP contribution in [-0.4, -0.2) is 11.7 Å². The van der Waals surface area contributed by atoms with E-state index in [2.05, 4.69) is 6.58 Å². The summed E-state index contributed by atoms with van der Waals surface area (Å²) in [6, 6.07) is 14.1. The van der Waals surface area contributed by atoms with Crippen LogP contribution in [0, 0.1) is 17.5 Å². The van der Waals surface area contributed by atoms with E-state index in [1.165, 1.54) is 24.3 Å². The van der Waals surface area contributed by atoms with Crippen LogP contribution in [0.1, 0.15) is 49.8 Å². The Labute approximate surface area is 198 Å². The Morgan fingerprint density at radius 2 is 1.74 bits per heavy atom. The second-order valence-corrected chi connectivity index (χ2v) is 7.99. The fourth-order valence-electron chi connectivity index (χ4n) is 3.52. The van der Waals surface area contributed by atoms with Gasteiger partial charge in [-0.1, -0.05) is 43.7 Å². The molecule has 0 aliphatic carbocycles. The molecule has 0 radical (unpaired) electrons. The lowest BCUT2D eigenvalue weighted by Crippen LogP contribution is -2.02. The first-order valence-electron chi connectivity index (χ1n) is 11.4. The Hall–Kier alpha value is -3.25. The maximum Gasteiger partial charge on any atom is 0.201 e. The van der Waals surface area contributed by atoms with Gasteiger partial charge in [-0.2, -0.15) is 4.39 Å². The molecule has 0 saturated heterocycles. The lowest BCUT2D eigenvalue weighted by Gasteiger charge is -2.13. The van der Waals surface area contributed by atoms with Crippen LogP contribution < -0.4 is 9.47 Å². The normalized spacial score (nSPS) is 11.8. The van der Waals surface area contributed by atoms with Crippen LogP contribution in [0.2, 0.25) is 0 Å². The molecule has 0 bridgehead atoms. The number of allylic oxidation sites excluding steroid dienone is 1. The van der Waals surface area contributed by atoms with Crippen LogP contribution in [0.3, 0.4) is 0 Å². The summed E-state index contributed by atoms with van der Waals surface area (Å²) in [4.78, 5) is 0. The molecule has 6 heteroatoms. The average Bonchev–Trinajstić information content (AvgIpc) is 2.83. The molecule has 1 atom stereocenters. The van der Waals surface area contributed by atoms with Crippen LogP contribution in [-0.2, 0) is 6.61 Å². The highest BCUT2D eigenvalue weighted by atomic mass is 19.2. The minimum atomic E-state index is -1.02. The third-order valence-electron chi connectivity index (χ3n) is 5.42. The predicted molar refractivity (Wildman–Crippen MR) is 127 cm³/mol. The van der Waals surface area contributed by atoms with Crippen LogP contribution in [0.4, 0.5) is 13.2 Å². The average molecular weight is 471 g/mol. The van der Waals surface area contributed by atoms with Crippen molar-refractivity contribution in [3.05, 3.63) is 95.8 Å². The smallest absolute Gasteiger partial charge is 0.201 e. The molecule has 180 valence electrons. The van der Waals surface area contributed by atoms with Crippen LogP contribution in [0.5, 0.6) is 11.5 Å². The molecule has 3 aromatic rings. The Kier molecular flexibility index (Phi) is 9.16. The summed E-state index contributed by atoms with van der Waals surface area (Å²) in [7, 11) is 0. The number of rotatable bonds is 12. The van der Waals surface area contributed by atoms with Gasteiger partial charge in [-0.15, -0.1) is 6.58 Å². The van der Waals surface area contributed by atoms with Crippen molar-refractivity contribution in [2.45, 2.75) is 45.3 Å². The number of hydrogen-bond acceptors (Lipinski definition) is 3. The highest BCUT2D eigenvalue weighted by Crippen LogP contribution is 2.30. The molecule has 3 rings (SSSR count). The quantitative estimate of drug-likeness (QED) is 0.220. The third-order valence-corrected chi connectivity index (χ3v) is 5.42. The van der Waals surface area contributed by atoms with E-state index in [0.29, 0.717) is 24.2 Å². The Bertz CT molecular complexity index is 1100. The third kappa shape index (κ3) is 6.41. The summed E-state index contributed by atoms with van der Waals surface area (Å²) in [5.41, 5.74) is 1.67. The van der Waals surface area contributed by atoms with Crippen molar-refractivity contribution in [1.82, 2.24) is 0 Å². The molecule has 0 fully saturated rings. The maximum absolute atomic E-state index is 14.6. The zero-order chi connectivity index (χ0) is 24.5. The number of aliphatic hydroxyl groups is 1. The number of halogens is 3. The molecule has 3 nitrogen and oxygen atoms in total. The lowest BCUT2D eigenvalue weighted by atomic mass is 10.0. The van der Waals surface area contributed by atoms with E-state index >= 15 is 0 Å². The van der Waals surface area contributed by atoms with Gasteiger partial charge in [0.15, 0.2) is 11.6 Å². The van der Waals surface area contributed by atoms with E-state index in [9.17, 15) is 18.3 Å². The number of benzene rings is 3. The molecular formula is C28H29F3O3.